The quantitative estimate of drug-likeness (QED) is 0.420. The minimum Gasteiger partial charge on any atom is -0.467 e. The van der Waals surface area contributed by atoms with Crippen molar-refractivity contribution in [3.63, 3.8) is 0 Å². The Balaban J connectivity index is 2.34. The third kappa shape index (κ3) is 8.11. The van der Waals surface area contributed by atoms with Gasteiger partial charge in [-0.1, -0.05) is 19.3 Å². The Morgan fingerprint density at radius 3 is 2.45 bits per heavy atom. The van der Waals surface area contributed by atoms with Crippen LogP contribution in [0.15, 0.2) is 10.2 Å². The fraction of sp³-hybridized carbons (Fsp3) is 0.857. The fourth-order valence-electron chi connectivity index (χ4n) is 2.11. The molecule has 0 radical (unpaired) electrons. The molecular weight excluding hydrogens is 302 g/mol. The van der Waals surface area contributed by atoms with Crippen molar-refractivity contribution in [2.75, 3.05) is 0 Å². The first-order chi connectivity index (χ1) is 10.3. The van der Waals surface area contributed by atoms with Gasteiger partial charge in [0.1, 0.15) is 5.66 Å². The Labute approximate surface area is 137 Å². The van der Waals surface area contributed by atoms with Crippen LogP contribution in [0.2, 0.25) is 0 Å². The SMILES string of the molecule is CC(C)OC(=S)NNC(=O)NC(C)(C)N=NC1CCCCC1. The summed E-state index contributed by atoms with van der Waals surface area (Å²) in [6, 6.07) is -0.162. The highest BCUT2D eigenvalue weighted by atomic mass is 32.1. The van der Waals surface area contributed by atoms with Crippen LogP contribution < -0.4 is 16.2 Å². The number of carbonyl (C=O) groups is 1. The van der Waals surface area contributed by atoms with E-state index in [4.69, 9.17) is 17.0 Å². The summed E-state index contributed by atoms with van der Waals surface area (Å²) in [4.78, 5) is 11.8. The van der Waals surface area contributed by atoms with Crippen LogP contribution in [0, 0.1) is 0 Å². The summed E-state index contributed by atoms with van der Waals surface area (Å²) in [5.41, 5.74) is 4.16. The number of hydrazine groups is 1. The maximum atomic E-state index is 11.8. The standard InChI is InChI=1S/C14H27N5O2S/c1-10(2)21-13(22)18-17-12(20)15-14(3,4)19-16-11-8-6-5-7-9-11/h10-11H,5-9H2,1-4H3,(H,18,22)(H2,15,17,20). The normalized spacial score (nSPS) is 16.6. The number of nitrogens with zero attached hydrogens (tertiary/aromatic N) is 2. The van der Waals surface area contributed by atoms with E-state index in [-0.39, 0.29) is 17.3 Å². The van der Waals surface area contributed by atoms with Crippen LogP contribution in [-0.2, 0) is 4.74 Å². The van der Waals surface area contributed by atoms with Crippen molar-refractivity contribution < 1.29 is 9.53 Å². The largest absolute Gasteiger partial charge is 0.467 e. The van der Waals surface area contributed by atoms with E-state index in [1.54, 1.807) is 13.8 Å². The van der Waals surface area contributed by atoms with Crippen LogP contribution in [0.25, 0.3) is 0 Å². The van der Waals surface area contributed by atoms with Crippen molar-refractivity contribution in [1.29, 1.82) is 0 Å². The summed E-state index contributed by atoms with van der Waals surface area (Å²) in [5, 5.41) is 11.4. The van der Waals surface area contributed by atoms with Crippen LogP contribution in [-0.4, -0.2) is 29.0 Å². The minimum atomic E-state index is -0.774. The average molecular weight is 329 g/mol. The van der Waals surface area contributed by atoms with Crippen molar-refractivity contribution in [1.82, 2.24) is 16.2 Å². The van der Waals surface area contributed by atoms with Crippen LogP contribution in [0.5, 0.6) is 0 Å². The molecule has 1 aliphatic rings. The van der Waals surface area contributed by atoms with Gasteiger partial charge in [-0.2, -0.15) is 10.2 Å². The second-order valence-electron chi connectivity index (χ2n) is 6.22. The fourth-order valence-corrected chi connectivity index (χ4v) is 2.35. The van der Waals surface area contributed by atoms with E-state index in [0.717, 1.165) is 12.8 Å². The molecule has 2 amide bonds. The van der Waals surface area contributed by atoms with Gasteiger partial charge in [-0.3, -0.25) is 5.43 Å². The summed E-state index contributed by atoms with van der Waals surface area (Å²) >= 11 is 4.91. The zero-order chi connectivity index (χ0) is 16.6. The molecule has 0 unspecified atom stereocenters. The van der Waals surface area contributed by atoms with Gasteiger partial charge in [0.15, 0.2) is 0 Å². The van der Waals surface area contributed by atoms with Gasteiger partial charge in [0.2, 0.25) is 0 Å². The molecule has 0 atom stereocenters. The van der Waals surface area contributed by atoms with E-state index in [1.807, 2.05) is 13.8 Å². The van der Waals surface area contributed by atoms with Crippen molar-refractivity contribution in [3.8, 4) is 0 Å². The van der Waals surface area contributed by atoms with Gasteiger partial charge in [-0.15, -0.1) is 0 Å². The second-order valence-corrected chi connectivity index (χ2v) is 6.60. The molecule has 1 fully saturated rings. The van der Waals surface area contributed by atoms with E-state index >= 15 is 0 Å². The van der Waals surface area contributed by atoms with Crippen molar-refractivity contribution >= 4 is 23.4 Å². The molecule has 126 valence electrons. The van der Waals surface area contributed by atoms with Crippen LogP contribution in [0.1, 0.15) is 59.8 Å². The summed E-state index contributed by atoms with van der Waals surface area (Å²) < 4.78 is 5.19. The number of hydrogen-bond donors (Lipinski definition) is 3. The molecule has 1 rings (SSSR count). The first kappa shape index (κ1) is 18.6. The minimum absolute atomic E-state index is 0.0504. The number of hydrogen-bond acceptors (Lipinski definition) is 5. The highest BCUT2D eigenvalue weighted by molar-refractivity contribution is 7.80. The van der Waals surface area contributed by atoms with Gasteiger partial charge < -0.3 is 10.1 Å². The Hall–Kier alpha value is -1.44. The van der Waals surface area contributed by atoms with Crippen molar-refractivity contribution in [2.24, 2.45) is 10.2 Å². The molecule has 0 spiro atoms. The molecular formula is C14H27N5O2S. The average Bonchev–Trinajstić information content (AvgIpc) is 2.43. The molecule has 1 saturated carbocycles. The molecule has 0 saturated heterocycles. The van der Waals surface area contributed by atoms with E-state index in [9.17, 15) is 4.79 Å². The van der Waals surface area contributed by atoms with E-state index in [1.165, 1.54) is 19.3 Å². The second kappa shape index (κ2) is 8.87. The predicted octanol–water partition coefficient (Wildman–Crippen LogP) is 3.02. The number of thiocarbonyl (C=S) groups is 1. The van der Waals surface area contributed by atoms with Gasteiger partial charge in [-0.05, 0) is 52.8 Å². The summed E-state index contributed by atoms with van der Waals surface area (Å²) in [6.45, 7) is 7.29. The van der Waals surface area contributed by atoms with E-state index in [2.05, 4.69) is 26.4 Å². The number of ether oxygens (including phenoxy) is 1. The molecule has 0 aliphatic heterocycles. The zero-order valence-electron chi connectivity index (χ0n) is 13.8. The van der Waals surface area contributed by atoms with Crippen LogP contribution in [0.3, 0.4) is 0 Å². The first-order valence-electron chi connectivity index (χ1n) is 7.75. The highest BCUT2D eigenvalue weighted by Gasteiger charge is 2.21. The van der Waals surface area contributed by atoms with Crippen LogP contribution in [0.4, 0.5) is 4.79 Å². The molecule has 7 nitrogen and oxygen atoms in total. The number of azo groups is 1. The summed E-state index contributed by atoms with van der Waals surface area (Å²) in [7, 11) is 0. The van der Waals surface area contributed by atoms with Gasteiger partial charge in [0.25, 0.3) is 5.17 Å². The van der Waals surface area contributed by atoms with Crippen LogP contribution >= 0.6 is 12.2 Å². The van der Waals surface area contributed by atoms with Crippen molar-refractivity contribution in [3.05, 3.63) is 0 Å². The monoisotopic (exact) mass is 329 g/mol. The lowest BCUT2D eigenvalue weighted by Crippen LogP contribution is -2.53. The maximum Gasteiger partial charge on any atom is 0.335 e. The molecule has 0 bridgehead atoms. The van der Waals surface area contributed by atoms with E-state index < -0.39 is 11.7 Å². The molecule has 0 aromatic rings. The molecule has 22 heavy (non-hydrogen) atoms. The van der Waals surface area contributed by atoms with Gasteiger partial charge >= 0.3 is 6.03 Å². The smallest absolute Gasteiger partial charge is 0.335 e. The van der Waals surface area contributed by atoms with Gasteiger partial charge in [0.05, 0.1) is 12.1 Å². The Morgan fingerprint density at radius 1 is 1.23 bits per heavy atom. The molecule has 8 heteroatoms. The molecule has 0 aromatic carbocycles. The third-order valence-corrected chi connectivity index (χ3v) is 3.28. The Kier molecular flexibility index (Phi) is 7.50. The van der Waals surface area contributed by atoms with Gasteiger partial charge in [-0.25, -0.2) is 10.2 Å². The lowest BCUT2D eigenvalue weighted by Gasteiger charge is -2.23. The summed E-state index contributed by atoms with van der Waals surface area (Å²) in [6.07, 6.45) is 5.79. The molecule has 3 N–H and O–H groups in total. The number of urea groups is 1. The number of rotatable bonds is 4. The Morgan fingerprint density at radius 2 is 1.86 bits per heavy atom. The molecule has 0 heterocycles. The Bertz CT molecular complexity index is 406. The number of amides is 2. The maximum absolute atomic E-state index is 11.8. The lowest BCUT2D eigenvalue weighted by atomic mass is 9.96. The third-order valence-electron chi connectivity index (χ3n) is 3.09. The number of nitrogens with one attached hydrogen (secondary N) is 3. The first-order valence-corrected chi connectivity index (χ1v) is 8.16. The zero-order valence-corrected chi connectivity index (χ0v) is 14.6. The van der Waals surface area contributed by atoms with E-state index in [0.29, 0.717) is 0 Å². The summed E-state index contributed by atoms with van der Waals surface area (Å²) in [5.74, 6) is 0. The van der Waals surface area contributed by atoms with Gasteiger partial charge in [0, 0.05) is 0 Å². The predicted molar refractivity (Wildman–Crippen MR) is 89.4 cm³/mol. The molecule has 1 aliphatic carbocycles. The number of carbonyl (C=O) groups excluding carboxylic acids is 1. The lowest BCUT2D eigenvalue weighted by molar-refractivity contribution is 0.210. The van der Waals surface area contributed by atoms with Crippen molar-refractivity contribution in [2.45, 2.75) is 77.6 Å². The topological polar surface area (TPSA) is 87.1 Å². The molecule has 0 aromatic heterocycles. The highest BCUT2D eigenvalue weighted by Crippen LogP contribution is 2.21.